The van der Waals surface area contributed by atoms with E-state index in [1.54, 1.807) is 0 Å². The van der Waals surface area contributed by atoms with E-state index in [4.69, 9.17) is 5.73 Å². The molecule has 1 aromatic rings. The Morgan fingerprint density at radius 2 is 1.84 bits per heavy atom. The number of rotatable bonds is 8. The van der Waals surface area contributed by atoms with Gasteiger partial charge in [-0.05, 0) is 32.0 Å². The van der Waals surface area contributed by atoms with Crippen LogP contribution in [0.5, 0.6) is 0 Å². The molecule has 4 nitrogen and oxygen atoms in total. The Labute approximate surface area is 116 Å². The van der Waals surface area contributed by atoms with Crippen LogP contribution in [-0.4, -0.2) is 45.5 Å². The lowest BCUT2D eigenvalue weighted by atomic mass is 10.0. The van der Waals surface area contributed by atoms with Gasteiger partial charge in [0.1, 0.15) is 9.84 Å². The summed E-state index contributed by atoms with van der Waals surface area (Å²) in [5.41, 5.74) is 7.26. The van der Waals surface area contributed by atoms with Gasteiger partial charge in [0.05, 0.1) is 5.75 Å². The zero-order valence-corrected chi connectivity index (χ0v) is 12.6. The predicted octanol–water partition coefficient (Wildman–Crippen LogP) is 1.44. The molecule has 1 unspecified atom stereocenters. The van der Waals surface area contributed by atoms with E-state index in [1.807, 2.05) is 42.3 Å². The second kappa shape index (κ2) is 7.62. The molecule has 0 aliphatic heterocycles. The van der Waals surface area contributed by atoms with E-state index in [9.17, 15) is 8.42 Å². The van der Waals surface area contributed by atoms with Gasteiger partial charge in [-0.1, -0.05) is 30.3 Å². The van der Waals surface area contributed by atoms with E-state index in [0.717, 1.165) is 24.9 Å². The molecule has 0 heterocycles. The predicted molar refractivity (Wildman–Crippen MR) is 79.8 cm³/mol. The summed E-state index contributed by atoms with van der Waals surface area (Å²) < 4.78 is 22.1. The zero-order chi connectivity index (χ0) is 14.3. The van der Waals surface area contributed by atoms with Crippen molar-refractivity contribution in [1.82, 2.24) is 4.90 Å². The van der Waals surface area contributed by atoms with E-state index >= 15 is 0 Å². The van der Waals surface area contributed by atoms with Gasteiger partial charge >= 0.3 is 0 Å². The molecule has 0 fully saturated rings. The first-order valence-electron chi connectivity index (χ1n) is 6.55. The number of nitrogens with two attached hydrogens (primary N) is 1. The highest BCUT2D eigenvalue weighted by molar-refractivity contribution is 7.90. The van der Waals surface area contributed by atoms with Gasteiger partial charge in [-0.3, -0.25) is 0 Å². The molecular weight excluding hydrogens is 260 g/mol. The Morgan fingerprint density at radius 1 is 1.21 bits per heavy atom. The van der Waals surface area contributed by atoms with Crippen LogP contribution in [0.3, 0.4) is 0 Å². The van der Waals surface area contributed by atoms with Gasteiger partial charge in [-0.15, -0.1) is 0 Å². The van der Waals surface area contributed by atoms with Gasteiger partial charge in [0.25, 0.3) is 0 Å². The van der Waals surface area contributed by atoms with Crippen LogP contribution in [0.25, 0.3) is 0 Å². The molecule has 1 rings (SSSR count). The minimum Gasteiger partial charge on any atom is -0.324 e. The quantitative estimate of drug-likeness (QED) is 0.784. The fourth-order valence-electron chi connectivity index (χ4n) is 1.88. The maximum Gasteiger partial charge on any atom is 0.148 e. The first kappa shape index (κ1) is 16.1. The smallest absolute Gasteiger partial charge is 0.148 e. The van der Waals surface area contributed by atoms with Crippen LogP contribution >= 0.6 is 0 Å². The molecule has 5 heteroatoms. The normalized spacial score (nSPS) is 13.7. The highest BCUT2D eigenvalue weighted by Gasteiger charge is 2.08. The van der Waals surface area contributed by atoms with Crippen molar-refractivity contribution in [2.45, 2.75) is 18.9 Å². The Morgan fingerprint density at radius 3 is 2.42 bits per heavy atom. The Balaban J connectivity index is 2.23. The first-order valence-corrected chi connectivity index (χ1v) is 8.61. The number of hydrogen-bond donors (Lipinski definition) is 1. The van der Waals surface area contributed by atoms with Crippen molar-refractivity contribution in [2.24, 2.45) is 5.73 Å². The average molecular weight is 284 g/mol. The van der Waals surface area contributed by atoms with E-state index < -0.39 is 9.84 Å². The van der Waals surface area contributed by atoms with Gasteiger partial charge in [0.15, 0.2) is 0 Å². The monoisotopic (exact) mass is 284 g/mol. The van der Waals surface area contributed by atoms with Crippen LogP contribution in [-0.2, 0) is 9.84 Å². The van der Waals surface area contributed by atoms with Crippen molar-refractivity contribution in [3.63, 3.8) is 0 Å². The molecular formula is C14H24N2O2S. The fraction of sp³-hybridized carbons (Fsp3) is 0.571. The molecule has 0 aromatic heterocycles. The molecule has 2 N–H and O–H groups in total. The summed E-state index contributed by atoms with van der Waals surface area (Å²) >= 11 is 0. The van der Waals surface area contributed by atoms with Crippen molar-refractivity contribution in [2.75, 3.05) is 32.1 Å². The summed E-state index contributed by atoms with van der Waals surface area (Å²) in [6, 6.07) is 10.1. The van der Waals surface area contributed by atoms with Crippen molar-refractivity contribution in [3.05, 3.63) is 35.9 Å². The van der Waals surface area contributed by atoms with E-state index in [-0.39, 0.29) is 11.8 Å². The Hall–Kier alpha value is -0.910. The first-order chi connectivity index (χ1) is 8.88. The van der Waals surface area contributed by atoms with Crippen LogP contribution in [0.2, 0.25) is 0 Å². The molecule has 108 valence electrons. The van der Waals surface area contributed by atoms with Gasteiger partial charge in [-0.2, -0.15) is 0 Å². The summed E-state index contributed by atoms with van der Waals surface area (Å²) in [5.74, 6) is 0.217. The van der Waals surface area contributed by atoms with Crippen LogP contribution < -0.4 is 5.73 Å². The van der Waals surface area contributed by atoms with Crippen molar-refractivity contribution in [1.29, 1.82) is 0 Å². The third-order valence-electron chi connectivity index (χ3n) is 3.13. The molecule has 0 bridgehead atoms. The maximum absolute atomic E-state index is 11.1. The van der Waals surface area contributed by atoms with Crippen LogP contribution in [0.4, 0.5) is 0 Å². The number of nitrogens with zero attached hydrogens (tertiary/aromatic N) is 1. The molecule has 0 aliphatic carbocycles. The lowest BCUT2D eigenvalue weighted by molar-refractivity contribution is 0.338. The van der Waals surface area contributed by atoms with Gasteiger partial charge in [0, 0.05) is 18.8 Å². The largest absolute Gasteiger partial charge is 0.324 e. The molecule has 0 aliphatic rings. The standard InChI is InChI=1S/C14H24N2O2S/c1-16(11-12-19(2,17)18)10-6-9-14(15)13-7-4-3-5-8-13/h3-5,7-8,14H,6,9-12,15H2,1-2H3. The van der Waals surface area contributed by atoms with Gasteiger partial charge < -0.3 is 10.6 Å². The van der Waals surface area contributed by atoms with E-state index in [1.165, 1.54) is 6.26 Å². The van der Waals surface area contributed by atoms with E-state index in [0.29, 0.717) is 6.54 Å². The Kier molecular flexibility index (Phi) is 6.48. The summed E-state index contributed by atoms with van der Waals surface area (Å²) in [6.45, 7) is 1.45. The van der Waals surface area contributed by atoms with E-state index in [2.05, 4.69) is 0 Å². The zero-order valence-electron chi connectivity index (χ0n) is 11.7. The third kappa shape index (κ3) is 7.30. The van der Waals surface area contributed by atoms with Gasteiger partial charge in [0.2, 0.25) is 0 Å². The van der Waals surface area contributed by atoms with Crippen LogP contribution in [0.15, 0.2) is 30.3 Å². The van der Waals surface area contributed by atoms with Crippen molar-refractivity contribution in [3.8, 4) is 0 Å². The topological polar surface area (TPSA) is 63.4 Å². The molecule has 19 heavy (non-hydrogen) atoms. The molecule has 1 aromatic carbocycles. The minimum atomic E-state index is -2.87. The summed E-state index contributed by atoms with van der Waals surface area (Å²) in [6.07, 6.45) is 3.15. The van der Waals surface area contributed by atoms with Crippen LogP contribution in [0.1, 0.15) is 24.4 Å². The van der Waals surface area contributed by atoms with Crippen LogP contribution in [0, 0.1) is 0 Å². The third-order valence-corrected chi connectivity index (χ3v) is 4.05. The number of benzene rings is 1. The minimum absolute atomic E-state index is 0.0597. The fourth-order valence-corrected chi connectivity index (χ4v) is 2.52. The SMILES string of the molecule is CN(CCCC(N)c1ccccc1)CCS(C)(=O)=O. The average Bonchev–Trinajstić information content (AvgIpc) is 2.36. The maximum atomic E-state index is 11.1. The molecule has 0 amide bonds. The molecule has 0 saturated carbocycles. The molecule has 1 atom stereocenters. The lowest BCUT2D eigenvalue weighted by Crippen LogP contribution is -2.26. The summed E-state index contributed by atoms with van der Waals surface area (Å²) in [5, 5.41) is 0. The molecule has 0 spiro atoms. The second-order valence-electron chi connectivity index (χ2n) is 5.09. The molecule has 0 radical (unpaired) electrons. The second-order valence-corrected chi connectivity index (χ2v) is 7.35. The highest BCUT2D eigenvalue weighted by Crippen LogP contribution is 2.15. The summed E-state index contributed by atoms with van der Waals surface area (Å²) in [4.78, 5) is 2.04. The number of sulfone groups is 1. The molecule has 0 saturated heterocycles. The number of hydrogen-bond acceptors (Lipinski definition) is 4. The summed E-state index contributed by atoms with van der Waals surface area (Å²) in [7, 11) is -0.926. The van der Waals surface area contributed by atoms with Crippen molar-refractivity contribution < 1.29 is 8.42 Å². The lowest BCUT2D eigenvalue weighted by Gasteiger charge is -2.17. The van der Waals surface area contributed by atoms with Gasteiger partial charge in [-0.25, -0.2) is 8.42 Å². The van der Waals surface area contributed by atoms with Crippen molar-refractivity contribution >= 4 is 9.84 Å². The highest BCUT2D eigenvalue weighted by atomic mass is 32.2. The Bertz CT molecular complexity index is 460.